The van der Waals surface area contributed by atoms with Crippen LogP contribution >= 0.6 is 0 Å². The highest BCUT2D eigenvalue weighted by Gasteiger charge is 2.42. The van der Waals surface area contributed by atoms with Crippen LogP contribution in [0.4, 0.5) is 0 Å². The summed E-state index contributed by atoms with van der Waals surface area (Å²) in [6, 6.07) is 2.55. The molecule has 0 saturated heterocycles. The van der Waals surface area contributed by atoms with Crippen molar-refractivity contribution in [2.75, 3.05) is 0 Å². The van der Waals surface area contributed by atoms with E-state index in [1.165, 1.54) is 12.8 Å². The molecule has 1 saturated carbocycles. The van der Waals surface area contributed by atoms with Gasteiger partial charge in [-0.25, -0.2) is 9.97 Å². The van der Waals surface area contributed by atoms with E-state index in [4.69, 9.17) is 0 Å². The van der Waals surface area contributed by atoms with E-state index in [2.05, 4.69) is 29.1 Å². The summed E-state index contributed by atoms with van der Waals surface area (Å²) >= 11 is 0. The van der Waals surface area contributed by atoms with E-state index in [0.717, 1.165) is 18.1 Å². The Morgan fingerprint density at radius 3 is 2.87 bits per heavy atom. The average molecular weight is 205 g/mol. The monoisotopic (exact) mass is 205 g/mol. The van der Waals surface area contributed by atoms with Gasteiger partial charge in [-0.2, -0.15) is 0 Å². The fourth-order valence-corrected chi connectivity index (χ4v) is 1.74. The third-order valence-corrected chi connectivity index (χ3v) is 3.51. The zero-order valence-electron chi connectivity index (χ0n) is 9.75. The molecular weight excluding hydrogens is 186 g/mol. The molecule has 1 atom stereocenters. The molecule has 2 rings (SSSR count). The molecule has 1 N–H and O–H groups in total. The highest BCUT2D eigenvalue weighted by atomic mass is 15.0. The number of nitrogens with one attached hydrogen (secondary N) is 1. The summed E-state index contributed by atoms with van der Waals surface area (Å²) in [4.78, 5) is 8.46. The first-order valence-electron chi connectivity index (χ1n) is 5.62. The lowest BCUT2D eigenvalue weighted by Crippen LogP contribution is -2.33. The van der Waals surface area contributed by atoms with Gasteiger partial charge < -0.3 is 5.32 Å². The largest absolute Gasteiger partial charge is 0.308 e. The lowest BCUT2D eigenvalue weighted by atomic mass is 10.0. The summed E-state index contributed by atoms with van der Waals surface area (Å²) in [6.07, 6.45) is 4.52. The molecule has 1 heterocycles. The fourth-order valence-electron chi connectivity index (χ4n) is 1.74. The Hall–Kier alpha value is -0.960. The molecule has 15 heavy (non-hydrogen) atoms. The van der Waals surface area contributed by atoms with Gasteiger partial charge in [-0.1, -0.05) is 6.92 Å². The Labute approximate surface area is 91.3 Å². The zero-order chi connectivity index (χ0) is 10.9. The Kier molecular flexibility index (Phi) is 2.74. The first-order valence-corrected chi connectivity index (χ1v) is 5.62. The minimum absolute atomic E-state index is 0.530. The van der Waals surface area contributed by atoms with E-state index in [9.17, 15) is 0 Å². The summed E-state index contributed by atoms with van der Waals surface area (Å²) in [7, 11) is 0. The second-order valence-electron chi connectivity index (χ2n) is 4.85. The SMILES string of the molecule is Cc1nccc(CNC(C)C2(C)CC2)n1. The van der Waals surface area contributed by atoms with Crippen molar-refractivity contribution in [2.24, 2.45) is 5.41 Å². The van der Waals surface area contributed by atoms with Crippen LogP contribution in [0.15, 0.2) is 12.3 Å². The predicted molar refractivity (Wildman–Crippen MR) is 60.4 cm³/mol. The lowest BCUT2D eigenvalue weighted by Gasteiger charge is -2.20. The number of aromatic nitrogens is 2. The van der Waals surface area contributed by atoms with Gasteiger partial charge in [0.25, 0.3) is 0 Å². The molecule has 1 aromatic rings. The van der Waals surface area contributed by atoms with Gasteiger partial charge >= 0.3 is 0 Å². The zero-order valence-corrected chi connectivity index (χ0v) is 9.75. The van der Waals surface area contributed by atoms with Gasteiger partial charge in [0.05, 0.1) is 5.69 Å². The molecule has 1 aromatic heterocycles. The number of rotatable bonds is 4. The van der Waals surface area contributed by atoms with E-state index >= 15 is 0 Å². The number of hydrogen-bond donors (Lipinski definition) is 1. The number of aryl methyl sites for hydroxylation is 1. The quantitative estimate of drug-likeness (QED) is 0.817. The molecular formula is C12H19N3. The summed E-state index contributed by atoms with van der Waals surface area (Å²) in [5, 5.41) is 3.54. The second kappa shape index (κ2) is 3.89. The summed E-state index contributed by atoms with van der Waals surface area (Å²) in [5.41, 5.74) is 1.61. The first kappa shape index (κ1) is 10.6. The smallest absolute Gasteiger partial charge is 0.125 e. The van der Waals surface area contributed by atoms with Gasteiger partial charge in [0.1, 0.15) is 5.82 Å². The van der Waals surface area contributed by atoms with Crippen LogP contribution in [0.25, 0.3) is 0 Å². The minimum atomic E-state index is 0.530. The maximum absolute atomic E-state index is 4.37. The molecule has 0 amide bonds. The molecule has 82 valence electrons. The fraction of sp³-hybridized carbons (Fsp3) is 0.667. The highest BCUT2D eigenvalue weighted by molar-refractivity contribution is 5.03. The Morgan fingerprint density at radius 2 is 2.27 bits per heavy atom. The molecule has 3 heteroatoms. The van der Waals surface area contributed by atoms with Crippen LogP contribution in [0, 0.1) is 12.3 Å². The van der Waals surface area contributed by atoms with Crippen LogP contribution in [0.1, 0.15) is 38.2 Å². The van der Waals surface area contributed by atoms with E-state index < -0.39 is 0 Å². The van der Waals surface area contributed by atoms with Gasteiger partial charge in [0, 0.05) is 18.8 Å². The molecule has 1 aliphatic rings. The van der Waals surface area contributed by atoms with Gasteiger partial charge in [-0.3, -0.25) is 0 Å². The van der Waals surface area contributed by atoms with Crippen molar-refractivity contribution in [3.05, 3.63) is 23.8 Å². The summed E-state index contributed by atoms with van der Waals surface area (Å²) < 4.78 is 0. The molecule has 1 fully saturated rings. The van der Waals surface area contributed by atoms with Crippen molar-refractivity contribution in [3.63, 3.8) is 0 Å². The molecule has 0 aliphatic heterocycles. The third kappa shape index (κ3) is 2.53. The summed E-state index contributed by atoms with van der Waals surface area (Å²) in [5.74, 6) is 0.847. The third-order valence-electron chi connectivity index (χ3n) is 3.51. The van der Waals surface area contributed by atoms with Gasteiger partial charge in [-0.05, 0) is 38.2 Å². The topological polar surface area (TPSA) is 37.8 Å². The van der Waals surface area contributed by atoms with Crippen LogP contribution in [-0.4, -0.2) is 16.0 Å². The molecule has 1 unspecified atom stereocenters. The van der Waals surface area contributed by atoms with Gasteiger partial charge in [0.15, 0.2) is 0 Å². The van der Waals surface area contributed by atoms with E-state index in [0.29, 0.717) is 11.5 Å². The van der Waals surface area contributed by atoms with Crippen molar-refractivity contribution in [1.82, 2.24) is 15.3 Å². The van der Waals surface area contributed by atoms with Crippen molar-refractivity contribution in [1.29, 1.82) is 0 Å². The van der Waals surface area contributed by atoms with Crippen molar-refractivity contribution in [3.8, 4) is 0 Å². The molecule has 3 nitrogen and oxygen atoms in total. The maximum Gasteiger partial charge on any atom is 0.125 e. The van der Waals surface area contributed by atoms with Crippen LogP contribution in [0.2, 0.25) is 0 Å². The van der Waals surface area contributed by atoms with Crippen molar-refractivity contribution in [2.45, 2.75) is 46.2 Å². The highest BCUT2D eigenvalue weighted by Crippen LogP contribution is 2.47. The van der Waals surface area contributed by atoms with Crippen LogP contribution < -0.4 is 5.32 Å². The molecule has 1 aliphatic carbocycles. The minimum Gasteiger partial charge on any atom is -0.308 e. The standard InChI is InChI=1S/C12H19N3/c1-9(12(3)5-6-12)14-8-11-4-7-13-10(2)15-11/h4,7,9,14H,5-6,8H2,1-3H3. The Morgan fingerprint density at radius 1 is 1.53 bits per heavy atom. The molecule has 0 bridgehead atoms. The lowest BCUT2D eigenvalue weighted by molar-refractivity contribution is 0.378. The van der Waals surface area contributed by atoms with E-state index in [1.54, 1.807) is 0 Å². The van der Waals surface area contributed by atoms with Crippen molar-refractivity contribution < 1.29 is 0 Å². The van der Waals surface area contributed by atoms with Crippen LogP contribution in [-0.2, 0) is 6.54 Å². The molecule has 0 radical (unpaired) electrons. The predicted octanol–water partition coefficient (Wildman–Crippen LogP) is 2.06. The summed E-state index contributed by atoms with van der Waals surface area (Å²) in [6.45, 7) is 7.38. The molecule has 0 spiro atoms. The maximum atomic E-state index is 4.37. The number of hydrogen-bond acceptors (Lipinski definition) is 3. The van der Waals surface area contributed by atoms with Crippen LogP contribution in [0.5, 0.6) is 0 Å². The van der Waals surface area contributed by atoms with E-state index in [-0.39, 0.29) is 0 Å². The Bertz CT molecular complexity index is 344. The van der Waals surface area contributed by atoms with Crippen molar-refractivity contribution >= 4 is 0 Å². The number of nitrogens with zero attached hydrogens (tertiary/aromatic N) is 2. The average Bonchev–Trinajstić information content (AvgIpc) is 2.94. The Balaban J connectivity index is 1.87. The van der Waals surface area contributed by atoms with E-state index in [1.807, 2.05) is 19.2 Å². The second-order valence-corrected chi connectivity index (χ2v) is 4.85. The normalized spacial score (nSPS) is 19.9. The van der Waals surface area contributed by atoms with Gasteiger partial charge in [-0.15, -0.1) is 0 Å². The first-order chi connectivity index (χ1) is 7.10. The molecule has 0 aromatic carbocycles. The van der Waals surface area contributed by atoms with Gasteiger partial charge in [0.2, 0.25) is 0 Å². The van der Waals surface area contributed by atoms with Crippen LogP contribution in [0.3, 0.4) is 0 Å².